The van der Waals surface area contributed by atoms with E-state index < -0.39 is 34.8 Å². The molecule has 3 N–H and O–H groups in total. The average Bonchev–Trinajstić information content (AvgIpc) is 3.40. The number of pyridine rings is 1. The van der Waals surface area contributed by atoms with Gasteiger partial charge in [-0.15, -0.1) is 0 Å². The fourth-order valence-corrected chi connectivity index (χ4v) is 8.47. The topological polar surface area (TPSA) is 101 Å². The summed E-state index contributed by atoms with van der Waals surface area (Å²) in [6.07, 6.45) is 5.31. The Kier molecular flexibility index (Phi) is 7.71. The number of halogens is 3. The molecule has 1 aromatic heterocycles. The molecule has 226 valence electrons. The van der Waals surface area contributed by atoms with Crippen molar-refractivity contribution in [1.82, 2.24) is 10.3 Å². The minimum atomic E-state index is -1.32. The standard InChI is InChI=1S/C32H38Cl2FN3O4/c1-17(39)24-8-7-18(16-42-24)13-23(40)28-26(19-5-4-6-21(33)27(19)35)32(31(38-28)11-9-30(2,3)10-12-31)20-15-36-25(34)14-22(20)37-29(32)41/h4-6,14-15,17-18,24,26,28,38-39H,7-13,16H2,1-3H3,(H,37,41)/t17-,18+,24+,26+,28+,32+/m1/s1. The lowest BCUT2D eigenvalue weighted by atomic mass is 9.53. The van der Waals surface area contributed by atoms with Crippen LogP contribution in [-0.2, 0) is 19.7 Å². The normalized spacial score (nSPS) is 32.1. The predicted octanol–water partition coefficient (Wildman–Crippen LogP) is 5.95. The molecular weight excluding hydrogens is 580 g/mol. The highest BCUT2D eigenvalue weighted by molar-refractivity contribution is 6.31. The Morgan fingerprint density at radius 1 is 1.21 bits per heavy atom. The highest BCUT2D eigenvalue weighted by Gasteiger charge is 2.73. The number of benzene rings is 1. The van der Waals surface area contributed by atoms with Crippen LogP contribution in [0.5, 0.6) is 0 Å². The molecule has 2 aromatic rings. The maximum absolute atomic E-state index is 16.1. The van der Waals surface area contributed by atoms with Gasteiger partial charge >= 0.3 is 0 Å². The summed E-state index contributed by atoms with van der Waals surface area (Å²) >= 11 is 12.6. The number of aliphatic hydroxyl groups is 1. The van der Waals surface area contributed by atoms with E-state index in [1.807, 2.05) is 0 Å². The molecule has 2 saturated heterocycles. The first-order valence-corrected chi connectivity index (χ1v) is 15.7. The highest BCUT2D eigenvalue weighted by atomic mass is 35.5. The van der Waals surface area contributed by atoms with Gasteiger partial charge in [-0.05, 0) is 74.5 Å². The number of carbonyl (C=O) groups excluding carboxylic acids is 2. The van der Waals surface area contributed by atoms with Gasteiger partial charge in [-0.3, -0.25) is 14.9 Å². The summed E-state index contributed by atoms with van der Waals surface area (Å²) < 4.78 is 21.9. The summed E-state index contributed by atoms with van der Waals surface area (Å²) in [6, 6.07) is 5.58. The number of ether oxygens (including phenoxy) is 1. The summed E-state index contributed by atoms with van der Waals surface area (Å²) in [5.74, 6) is -1.91. The molecule has 3 fully saturated rings. The van der Waals surface area contributed by atoms with Crippen molar-refractivity contribution >= 4 is 40.6 Å². The molecule has 0 unspecified atom stereocenters. The van der Waals surface area contributed by atoms with E-state index in [2.05, 4.69) is 29.5 Å². The van der Waals surface area contributed by atoms with E-state index >= 15 is 4.39 Å². The van der Waals surface area contributed by atoms with Crippen molar-refractivity contribution in [3.05, 3.63) is 57.6 Å². The first-order chi connectivity index (χ1) is 19.9. The Balaban J connectivity index is 1.49. The predicted molar refractivity (Wildman–Crippen MR) is 159 cm³/mol. The average molecular weight is 619 g/mol. The molecule has 4 heterocycles. The van der Waals surface area contributed by atoms with Crippen molar-refractivity contribution in [1.29, 1.82) is 0 Å². The lowest BCUT2D eigenvalue weighted by molar-refractivity contribution is -0.125. The molecule has 4 aliphatic rings. The van der Waals surface area contributed by atoms with Gasteiger partial charge in [0.05, 0.1) is 29.9 Å². The van der Waals surface area contributed by atoms with Crippen LogP contribution in [0.25, 0.3) is 0 Å². The molecule has 0 radical (unpaired) electrons. The number of hydrogen-bond acceptors (Lipinski definition) is 6. The minimum Gasteiger partial charge on any atom is -0.391 e. The number of carbonyl (C=O) groups is 2. The van der Waals surface area contributed by atoms with Crippen molar-refractivity contribution in [3.8, 4) is 0 Å². The number of aliphatic hydroxyl groups excluding tert-OH is 1. The number of hydrogen-bond donors (Lipinski definition) is 3. The van der Waals surface area contributed by atoms with E-state index in [1.54, 1.807) is 31.3 Å². The highest BCUT2D eigenvalue weighted by Crippen LogP contribution is 2.64. The number of anilines is 1. The zero-order valence-electron chi connectivity index (χ0n) is 24.2. The summed E-state index contributed by atoms with van der Waals surface area (Å²) in [5, 5.41) is 16.9. The van der Waals surface area contributed by atoms with Crippen molar-refractivity contribution in [3.63, 3.8) is 0 Å². The van der Waals surface area contributed by atoms with Gasteiger partial charge in [-0.1, -0.05) is 49.2 Å². The molecule has 1 aliphatic carbocycles. The van der Waals surface area contributed by atoms with Gasteiger partial charge in [-0.2, -0.15) is 0 Å². The lowest BCUT2D eigenvalue weighted by Crippen LogP contribution is -2.61. The van der Waals surface area contributed by atoms with Gasteiger partial charge in [-0.25, -0.2) is 9.37 Å². The van der Waals surface area contributed by atoms with Gasteiger partial charge in [0.2, 0.25) is 5.91 Å². The molecule has 0 bridgehead atoms. The summed E-state index contributed by atoms with van der Waals surface area (Å²) in [6.45, 7) is 6.50. The molecule has 1 amide bonds. The molecule has 1 aromatic carbocycles. The van der Waals surface area contributed by atoms with Crippen molar-refractivity contribution in [2.24, 2.45) is 11.3 Å². The van der Waals surface area contributed by atoms with Crippen LogP contribution in [0.4, 0.5) is 10.1 Å². The Morgan fingerprint density at radius 2 is 1.95 bits per heavy atom. The quantitative estimate of drug-likeness (QED) is 0.359. The monoisotopic (exact) mass is 617 g/mol. The largest absolute Gasteiger partial charge is 0.391 e. The van der Waals surface area contributed by atoms with Crippen LogP contribution >= 0.6 is 23.2 Å². The molecule has 6 rings (SSSR count). The Hall–Kier alpha value is -2.10. The molecule has 6 atom stereocenters. The second-order valence-corrected chi connectivity index (χ2v) is 14.3. The number of fused-ring (bicyclic) bond motifs is 3. The Morgan fingerprint density at radius 3 is 2.62 bits per heavy atom. The summed E-state index contributed by atoms with van der Waals surface area (Å²) in [4.78, 5) is 33.3. The van der Waals surface area contributed by atoms with E-state index in [1.165, 1.54) is 6.07 Å². The number of amides is 1. The van der Waals surface area contributed by atoms with E-state index in [9.17, 15) is 14.7 Å². The molecule has 7 nitrogen and oxygen atoms in total. The maximum atomic E-state index is 16.1. The molecule has 2 spiro atoms. The van der Waals surface area contributed by atoms with Gasteiger partial charge < -0.3 is 15.2 Å². The smallest absolute Gasteiger partial charge is 0.237 e. The second-order valence-electron chi connectivity index (χ2n) is 13.5. The second kappa shape index (κ2) is 10.8. The van der Waals surface area contributed by atoms with Crippen LogP contribution in [0.15, 0.2) is 30.5 Å². The molecule has 1 saturated carbocycles. The fourth-order valence-electron chi connectivity index (χ4n) is 8.13. The third kappa shape index (κ3) is 4.69. The van der Waals surface area contributed by atoms with Crippen molar-refractivity contribution < 1.29 is 23.8 Å². The molecule has 3 aliphatic heterocycles. The minimum absolute atomic E-state index is 0.0397. The van der Waals surface area contributed by atoms with Crippen molar-refractivity contribution in [2.75, 3.05) is 11.9 Å². The van der Waals surface area contributed by atoms with Gasteiger partial charge in [0, 0.05) is 35.3 Å². The Bertz CT molecular complexity index is 1400. The number of nitrogens with one attached hydrogen (secondary N) is 2. The number of ketones is 1. The maximum Gasteiger partial charge on any atom is 0.237 e. The van der Waals surface area contributed by atoms with Crippen LogP contribution in [-0.4, -0.2) is 52.2 Å². The van der Waals surface area contributed by atoms with Crippen LogP contribution < -0.4 is 10.6 Å². The van der Waals surface area contributed by atoms with Crippen LogP contribution in [0.2, 0.25) is 10.2 Å². The van der Waals surface area contributed by atoms with Crippen LogP contribution in [0, 0.1) is 17.2 Å². The first kappa shape index (κ1) is 29.9. The van der Waals surface area contributed by atoms with E-state index in [4.69, 9.17) is 27.9 Å². The van der Waals surface area contributed by atoms with Gasteiger partial charge in [0.15, 0.2) is 5.78 Å². The van der Waals surface area contributed by atoms with E-state index in [-0.39, 0.29) is 51.3 Å². The lowest BCUT2D eigenvalue weighted by Gasteiger charge is -2.50. The number of rotatable bonds is 5. The van der Waals surface area contributed by atoms with Gasteiger partial charge in [0.25, 0.3) is 0 Å². The number of aromatic nitrogens is 1. The van der Waals surface area contributed by atoms with Crippen LogP contribution in [0.3, 0.4) is 0 Å². The number of Topliss-reactive ketones (excluding diaryl/α,β-unsaturated/α-hetero) is 1. The third-order valence-corrected chi connectivity index (χ3v) is 10.9. The van der Waals surface area contributed by atoms with Gasteiger partial charge in [0.1, 0.15) is 16.4 Å². The van der Waals surface area contributed by atoms with Crippen LogP contribution in [0.1, 0.15) is 82.8 Å². The van der Waals surface area contributed by atoms with Crippen molar-refractivity contribution in [2.45, 2.75) is 101 Å². The van der Waals surface area contributed by atoms with E-state index in [0.717, 1.165) is 19.3 Å². The molecule has 10 heteroatoms. The zero-order chi connectivity index (χ0) is 30.0. The summed E-state index contributed by atoms with van der Waals surface area (Å²) in [7, 11) is 0. The third-order valence-electron chi connectivity index (χ3n) is 10.4. The Labute approximate surface area is 255 Å². The molecule has 42 heavy (non-hydrogen) atoms. The summed E-state index contributed by atoms with van der Waals surface area (Å²) in [5.41, 5.74) is -0.678. The fraction of sp³-hybridized carbons (Fsp3) is 0.594. The number of nitrogens with zero attached hydrogens (tertiary/aromatic N) is 1. The zero-order valence-corrected chi connectivity index (χ0v) is 25.7. The molecular formula is C32H38Cl2FN3O4. The SMILES string of the molecule is C[C@@H](O)[C@@H]1CC[C@@H](CC(=O)[C@@H]2NC3(CCC(C)(C)CC3)[C@]3(C(=O)Nc4cc(Cl)ncc43)[C@H]2c2cccc(Cl)c2F)CO1. The first-order valence-electron chi connectivity index (χ1n) is 14.9. The van der Waals surface area contributed by atoms with E-state index in [0.29, 0.717) is 37.1 Å².